The fraction of sp³-hybridized carbons (Fsp3) is 0.353. The minimum absolute atomic E-state index is 0.0166. The van der Waals surface area contributed by atoms with Gasteiger partial charge in [-0.25, -0.2) is 9.38 Å². The van der Waals surface area contributed by atoms with Gasteiger partial charge in [-0.2, -0.15) is 16.3 Å². The average Bonchev–Trinajstić information content (AvgIpc) is 3.55. The Labute approximate surface area is 201 Å². The van der Waals surface area contributed by atoms with E-state index in [1.54, 1.807) is 22.1 Å². The first kappa shape index (κ1) is 26.9. The maximum Gasteiger partial charge on any atom is 0.287 e. The monoisotopic (exact) mass is 567 g/mol. The minimum Gasteiger partial charge on any atom is -0.400 e. The maximum absolute atomic E-state index is 12.6. The number of thiophene rings is 1. The molecule has 4 aromatic rings. The lowest BCUT2D eigenvalue weighted by Crippen LogP contribution is -2.14. The van der Waals surface area contributed by atoms with E-state index >= 15 is 0 Å². The molecule has 0 fully saturated rings. The first-order valence-corrected chi connectivity index (χ1v) is 13.1. The molecule has 1 unspecified atom stereocenters. The minimum atomic E-state index is -1.05. The predicted octanol–water partition coefficient (Wildman–Crippen LogP) is 2.26. The van der Waals surface area contributed by atoms with Crippen LogP contribution in [0.4, 0.5) is 0 Å². The number of aromatic nitrogens is 5. The Morgan fingerprint density at radius 3 is 2.66 bits per heavy atom. The smallest absolute Gasteiger partial charge is 0.287 e. The van der Waals surface area contributed by atoms with Crippen molar-refractivity contribution in [1.82, 2.24) is 23.9 Å². The zero-order valence-electron chi connectivity index (χ0n) is 17.2. The molecule has 1 atom stereocenters. The Kier molecular flexibility index (Phi) is 11.2. The van der Waals surface area contributed by atoms with Gasteiger partial charge in [-0.3, -0.25) is 4.79 Å². The molecular formula is C17H23BrN5O6PS2. The molecule has 32 heavy (non-hydrogen) atoms. The van der Waals surface area contributed by atoms with Crippen LogP contribution < -0.4 is 5.56 Å². The molecule has 15 heteroatoms. The Hall–Kier alpha value is -1.35. The summed E-state index contributed by atoms with van der Waals surface area (Å²) in [5.41, 5.74) is 2.31. The SMILES string of the molecule is CO.COP(S)OCCO.O=c1c2nc(Br)n(CCO)c2nc2[nH]c(-c3ccsc3)cn12. The highest BCUT2D eigenvalue weighted by atomic mass is 79.9. The molecule has 4 N–H and O–H groups in total. The lowest BCUT2D eigenvalue weighted by atomic mass is 10.3. The standard InChI is InChI=1S/C13H10BrN5O2S.C3H9O3PS.CH4O/c14-12-16-9-10(18(12)2-3-20)17-13-15-8(5-19(13)11(9)21)7-1-4-22-6-7;1-5-7(8)6-3-2-4;1-2/h1,4-6,20H,2-3H2,(H,15,17);4,8H,2-3H2,1H3;2H,1H3. The number of hydrogen-bond donors (Lipinski definition) is 5. The molecule has 4 heterocycles. The zero-order chi connectivity index (χ0) is 23.7. The van der Waals surface area contributed by atoms with Crippen molar-refractivity contribution in [3.05, 3.63) is 38.1 Å². The van der Waals surface area contributed by atoms with Crippen molar-refractivity contribution in [2.24, 2.45) is 0 Å². The number of aromatic amines is 1. The predicted molar refractivity (Wildman–Crippen MR) is 131 cm³/mol. The van der Waals surface area contributed by atoms with Crippen LogP contribution >= 0.6 is 47.1 Å². The van der Waals surface area contributed by atoms with Crippen LogP contribution in [0.1, 0.15) is 0 Å². The molecule has 0 saturated carbocycles. The number of aliphatic hydroxyl groups is 3. The fourth-order valence-electron chi connectivity index (χ4n) is 2.56. The van der Waals surface area contributed by atoms with E-state index in [0.29, 0.717) is 29.3 Å². The number of halogens is 1. The zero-order valence-corrected chi connectivity index (χ0v) is 21.4. The van der Waals surface area contributed by atoms with Gasteiger partial charge in [0.25, 0.3) is 5.56 Å². The molecule has 4 rings (SSSR count). The summed E-state index contributed by atoms with van der Waals surface area (Å²) < 4.78 is 13.0. The Bertz CT molecular complexity index is 1170. The van der Waals surface area contributed by atoms with E-state index in [4.69, 9.17) is 19.8 Å². The van der Waals surface area contributed by atoms with Crippen LogP contribution in [0.15, 0.2) is 32.6 Å². The van der Waals surface area contributed by atoms with Crippen LogP contribution in [0.2, 0.25) is 0 Å². The normalized spacial score (nSPS) is 11.7. The lowest BCUT2D eigenvalue weighted by molar-refractivity contribution is 0.200. The number of aliphatic hydroxyl groups excluding tert-OH is 3. The Morgan fingerprint density at radius 1 is 1.31 bits per heavy atom. The molecule has 176 valence electrons. The molecule has 4 aromatic heterocycles. The summed E-state index contributed by atoms with van der Waals surface area (Å²) >= 11 is 8.75. The molecule has 0 bridgehead atoms. The Morgan fingerprint density at radius 2 is 2.06 bits per heavy atom. The van der Waals surface area contributed by atoms with E-state index in [0.717, 1.165) is 18.4 Å². The van der Waals surface area contributed by atoms with Crippen molar-refractivity contribution in [1.29, 1.82) is 0 Å². The topological polar surface area (TPSA) is 147 Å². The number of nitrogens with zero attached hydrogens (tertiary/aromatic N) is 4. The van der Waals surface area contributed by atoms with E-state index in [9.17, 15) is 4.79 Å². The van der Waals surface area contributed by atoms with Gasteiger partial charge in [0.15, 0.2) is 15.9 Å². The van der Waals surface area contributed by atoms with Gasteiger partial charge in [-0.05, 0) is 27.4 Å². The van der Waals surface area contributed by atoms with Crippen molar-refractivity contribution in [2.45, 2.75) is 6.54 Å². The lowest BCUT2D eigenvalue weighted by Gasteiger charge is -2.05. The van der Waals surface area contributed by atoms with Gasteiger partial charge < -0.3 is 33.9 Å². The van der Waals surface area contributed by atoms with E-state index < -0.39 is 7.58 Å². The summed E-state index contributed by atoms with van der Waals surface area (Å²) in [4.78, 5) is 24.4. The van der Waals surface area contributed by atoms with Crippen LogP contribution in [0.25, 0.3) is 28.2 Å². The first-order valence-electron chi connectivity index (χ1n) is 9.02. The van der Waals surface area contributed by atoms with Gasteiger partial charge in [-0.1, -0.05) is 12.2 Å². The summed E-state index contributed by atoms with van der Waals surface area (Å²) in [6.07, 6.45) is 1.73. The molecule has 0 radical (unpaired) electrons. The fourth-order valence-corrected chi connectivity index (χ4v) is 4.33. The third-order valence-electron chi connectivity index (χ3n) is 3.87. The van der Waals surface area contributed by atoms with Crippen molar-refractivity contribution in [3.8, 4) is 11.3 Å². The van der Waals surface area contributed by atoms with Crippen LogP contribution in [-0.2, 0) is 15.6 Å². The number of fused-ring (bicyclic) bond motifs is 2. The summed E-state index contributed by atoms with van der Waals surface area (Å²) in [6.45, 7) is 0.569. The second-order valence-electron chi connectivity index (χ2n) is 5.70. The van der Waals surface area contributed by atoms with Crippen molar-refractivity contribution in [2.75, 3.05) is 34.0 Å². The van der Waals surface area contributed by atoms with Crippen LogP contribution in [-0.4, -0.2) is 73.3 Å². The van der Waals surface area contributed by atoms with Crippen molar-refractivity contribution in [3.63, 3.8) is 0 Å². The quantitative estimate of drug-likeness (QED) is 0.130. The molecule has 0 aliphatic heterocycles. The van der Waals surface area contributed by atoms with Gasteiger partial charge >= 0.3 is 0 Å². The van der Waals surface area contributed by atoms with Gasteiger partial charge in [0.1, 0.15) is 0 Å². The molecule has 11 nitrogen and oxygen atoms in total. The van der Waals surface area contributed by atoms with E-state index in [1.165, 1.54) is 11.5 Å². The second-order valence-corrected chi connectivity index (χ2v) is 9.26. The van der Waals surface area contributed by atoms with Crippen LogP contribution in [0, 0.1) is 0 Å². The second kappa shape index (κ2) is 13.4. The number of imidazole rings is 2. The molecule has 0 aliphatic rings. The number of nitrogens with one attached hydrogen (secondary N) is 1. The van der Waals surface area contributed by atoms with Crippen LogP contribution in [0.3, 0.4) is 0 Å². The first-order chi connectivity index (χ1) is 15.5. The van der Waals surface area contributed by atoms with Crippen LogP contribution in [0.5, 0.6) is 0 Å². The Balaban J connectivity index is 0.000000311. The summed E-state index contributed by atoms with van der Waals surface area (Å²) in [7, 11) is 1.46. The molecule has 0 aromatic carbocycles. The highest BCUT2D eigenvalue weighted by Gasteiger charge is 2.17. The number of rotatable bonds is 7. The molecule has 0 aliphatic carbocycles. The largest absolute Gasteiger partial charge is 0.400 e. The summed E-state index contributed by atoms with van der Waals surface area (Å²) in [5, 5.41) is 28.3. The van der Waals surface area contributed by atoms with Gasteiger partial charge in [-0.15, -0.1) is 0 Å². The van der Waals surface area contributed by atoms with E-state index in [2.05, 4.69) is 47.7 Å². The van der Waals surface area contributed by atoms with Gasteiger partial charge in [0.05, 0.1) is 25.5 Å². The number of thiol groups is 1. The van der Waals surface area contributed by atoms with E-state index in [-0.39, 0.29) is 24.3 Å². The molecule has 0 spiro atoms. The molecular weight excluding hydrogens is 545 g/mol. The van der Waals surface area contributed by atoms with Gasteiger partial charge in [0, 0.05) is 37.9 Å². The highest BCUT2D eigenvalue weighted by Crippen LogP contribution is 2.41. The number of H-pyrrole nitrogens is 1. The van der Waals surface area contributed by atoms with E-state index in [1.807, 2.05) is 16.8 Å². The maximum atomic E-state index is 12.6. The summed E-state index contributed by atoms with van der Waals surface area (Å²) in [5.74, 6) is 0.449. The van der Waals surface area contributed by atoms with Crippen molar-refractivity contribution < 1.29 is 24.4 Å². The molecule has 0 saturated heterocycles. The molecule has 0 amide bonds. The average molecular weight is 568 g/mol. The van der Waals surface area contributed by atoms with Crippen molar-refractivity contribution >= 4 is 64.0 Å². The third-order valence-corrected chi connectivity index (χ3v) is 6.71. The highest BCUT2D eigenvalue weighted by molar-refractivity contribution is 9.10. The summed E-state index contributed by atoms with van der Waals surface area (Å²) in [6, 6.07) is 1.97. The third kappa shape index (κ3) is 6.37. The van der Waals surface area contributed by atoms with Gasteiger partial charge in [0.2, 0.25) is 13.4 Å². The number of hydrogen-bond acceptors (Lipinski definition) is 10.